The molecule has 2 aromatic rings. The normalized spacial score (nSPS) is 12.2. The maximum Gasteiger partial charge on any atom is 0.125 e. The molecule has 2 aromatic carbocycles. The Morgan fingerprint density at radius 3 is 2.47 bits per heavy atom. The SMILES string of the molecule is Cc1ccc(NC(CN)c2cc(F)cc(Cl)c2)cc1. The monoisotopic (exact) mass is 278 g/mol. The first kappa shape index (κ1) is 13.8. The van der Waals surface area contributed by atoms with E-state index < -0.39 is 0 Å². The zero-order valence-electron chi connectivity index (χ0n) is 10.7. The lowest BCUT2D eigenvalue weighted by Gasteiger charge is -2.19. The highest BCUT2D eigenvalue weighted by Gasteiger charge is 2.11. The molecule has 2 rings (SSSR count). The van der Waals surface area contributed by atoms with Gasteiger partial charge in [-0.05, 0) is 42.8 Å². The fourth-order valence-electron chi connectivity index (χ4n) is 1.91. The van der Waals surface area contributed by atoms with Gasteiger partial charge in [0.15, 0.2) is 0 Å². The first-order valence-corrected chi connectivity index (χ1v) is 6.45. The van der Waals surface area contributed by atoms with Crippen LogP contribution in [0.2, 0.25) is 5.02 Å². The summed E-state index contributed by atoms with van der Waals surface area (Å²) in [7, 11) is 0. The van der Waals surface area contributed by atoms with Gasteiger partial charge in [0.05, 0.1) is 6.04 Å². The Morgan fingerprint density at radius 2 is 1.89 bits per heavy atom. The van der Waals surface area contributed by atoms with E-state index in [2.05, 4.69) is 5.32 Å². The Morgan fingerprint density at radius 1 is 1.21 bits per heavy atom. The topological polar surface area (TPSA) is 38.0 Å². The average Bonchev–Trinajstić information content (AvgIpc) is 2.37. The van der Waals surface area contributed by atoms with Gasteiger partial charge in [0.1, 0.15) is 5.82 Å². The van der Waals surface area contributed by atoms with E-state index >= 15 is 0 Å². The minimum absolute atomic E-state index is 0.170. The van der Waals surface area contributed by atoms with Gasteiger partial charge in [0.2, 0.25) is 0 Å². The van der Waals surface area contributed by atoms with Crippen molar-refractivity contribution in [3.63, 3.8) is 0 Å². The second-order valence-electron chi connectivity index (χ2n) is 4.50. The second kappa shape index (κ2) is 6.04. The van der Waals surface area contributed by atoms with Crippen molar-refractivity contribution in [1.82, 2.24) is 0 Å². The highest BCUT2D eigenvalue weighted by molar-refractivity contribution is 6.30. The van der Waals surface area contributed by atoms with Gasteiger partial charge in [0, 0.05) is 17.3 Å². The number of hydrogen-bond acceptors (Lipinski definition) is 2. The van der Waals surface area contributed by atoms with Crippen LogP contribution in [0.1, 0.15) is 17.2 Å². The van der Waals surface area contributed by atoms with Crippen LogP contribution in [-0.4, -0.2) is 6.54 Å². The molecule has 4 heteroatoms. The number of nitrogens with one attached hydrogen (secondary N) is 1. The van der Waals surface area contributed by atoms with Crippen molar-refractivity contribution in [3.8, 4) is 0 Å². The van der Waals surface area contributed by atoms with Crippen LogP contribution in [0.3, 0.4) is 0 Å². The van der Waals surface area contributed by atoms with Crippen molar-refractivity contribution in [1.29, 1.82) is 0 Å². The number of halogens is 2. The molecule has 0 saturated carbocycles. The lowest BCUT2D eigenvalue weighted by molar-refractivity contribution is 0.622. The Bertz CT molecular complexity index is 534. The second-order valence-corrected chi connectivity index (χ2v) is 4.94. The van der Waals surface area contributed by atoms with Gasteiger partial charge in [-0.1, -0.05) is 29.3 Å². The zero-order valence-corrected chi connectivity index (χ0v) is 11.4. The predicted molar refractivity (Wildman–Crippen MR) is 78.0 cm³/mol. The van der Waals surface area contributed by atoms with Crippen molar-refractivity contribution >= 4 is 17.3 Å². The summed E-state index contributed by atoms with van der Waals surface area (Å²) < 4.78 is 13.4. The molecular weight excluding hydrogens is 263 g/mol. The fourth-order valence-corrected chi connectivity index (χ4v) is 2.14. The van der Waals surface area contributed by atoms with Crippen LogP contribution in [0.15, 0.2) is 42.5 Å². The number of rotatable bonds is 4. The molecule has 1 atom stereocenters. The van der Waals surface area contributed by atoms with Crippen molar-refractivity contribution in [3.05, 3.63) is 64.4 Å². The maximum absolute atomic E-state index is 13.4. The molecule has 0 heterocycles. The first-order chi connectivity index (χ1) is 9.08. The summed E-state index contributed by atoms with van der Waals surface area (Å²) in [5.74, 6) is -0.355. The molecule has 0 aromatic heterocycles. The van der Waals surface area contributed by atoms with Crippen molar-refractivity contribution in [2.24, 2.45) is 5.73 Å². The van der Waals surface area contributed by atoms with E-state index in [-0.39, 0.29) is 11.9 Å². The van der Waals surface area contributed by atoms with E-state index in [1.54, 1.807) is 6.07 Å². The van der Waals surface area contributed by atoms with Gasteiger partial charge >= 0.3 is 0 Å². The molecule has 2 nitrogen and oxygen atoms in total. The summed E-state index contributed by atoms with van der Waals surface area (Å²) in [6.45, 7) is 2.38. The average molecular weight is 279 g/mol. The van der Waals surface area contributed by atoms with Gasteiger partial charge in [-0.3, -0.25) is 0 Å². The molecule has 0 aliphatic rings. The molecule has 0 aliphatic heterocycles. The highest BCUT2D eigenvalue weighted by Crippen LogP contribution is 2.23. The molecule has 100 valence electrons. The summed E-state index contributed by atoms with van der Waals surface area (Å²) in [6.07, 6.45) is 0. The number of benzene rings is 2. The number of hydrogen-bond donors (Lipinski definition) is 2. The van der Waals surface area contributed by atoms with Crippen LogP contribution < -0.4 is 11.1 Å². The molecule has 0 fully saturated rings. The van der Waals surface area contributed by atoms with Crippen LogP contribution in [0.25, 0.3) is 0 Å². The third-order valence-corrected chi connectivity index (χ3v) is 3.13. The third-order valence-electron chi connectivity index (χ3n) is 2.92. The van der Waals surface area contributed by atoms with E-state index in [0.29, 0.717) is 11.6 Å². The summed E-state index contributed by atoms with van der Waals surface area (Å²) >= 11 is 5.87. The third kappa shape index (κ3) is 3.69. The Hall–Kier alpha value is -1.58. The maximum atomic E-state index is 13.4. The van der Waals surface area contributed by atoms with Crippen LogP contribution in [0, 0.1) is 12.7 Å². The molecule has 0 amide bonds. The molecule has 1 unspecified atom stereocenters. The van der Waals surface area contributed by atoms with Crippen LogP contribution >= 0.6 is 11.6 Å². The Labute approximate surface area is 117 Å². The predicted octanol–water partition coefficient (Wildman–Crippen LogP) is 3.90. The quantitative estimate of drug-likeness (QED) is 0.890. The van der Waals surface area contributed by atoms with E-state index in [1.807, 2.05) is 31.2 Å². The zero-order chi connectivity index (χ0) is 13.8. The van der Waals surface area contributed by atoms with Crippen molar-refractivity contribution < 1.29 is 4.39 Å². The number of anilines is 1. The molecule has 0 aliphatic carbocycles. The highest BCUT2D eigenvalue weighted by atomic mass is 35.5. The van der Waals surface area contributed by atoms with Crippen molar-refractivity contribution in [2.75, 3.05) is 11.9 Å². The van der Waals surface area contributed by atoms with E-state index in [4.69, 9.17) is 17.3 Å². The standard InChI is InChI=1S/C15H16ClFN2/c1-10-2-4-14(5-3-10)19-15(9-18)11-6-12(16)8-13(17)7-11/h2-8,15,19H,9,18H2,1H3. The van der Waals surface area contributed by atoms with Crippen molar-refractivity contribution in [2.45, 2.75) is 13.0 Å². The molecule has 19 heavy (non-hydrogen) atoms. The van der Waals surface area contributed by atoms with Gasteiger partial charge in [-0.2, -0.15) is 0 Å². The molecule has 3 N–H and O–H groups in total. The molecular formula is C15H16ClFN2. The molecule has 0 spiro atoms. The van der Waals surface area contributed by atoms with Crippen LogP contribution in [-0.2, 0) is 0 Å². The number of aryl methyl sites for hydroxylation is 1. The minimum Gasteiger partial charge on any atom is -0.377 e. The summed E-state index contributed by atoms with van der Waals surface area (Å²) in [4.78, 5) is 0. The molecule has 0 radical (unpaired) electrons. The summed E-state index contributed by atoms with van der Waals surface area (Å²) in [5.41, 5.74) is 8.63. The van der Waals surface area contributed by atoms with Gasteiger partial charge in [-0.25, -0.2) is 4.39 Å². The van der Waals surface area contributed by atoms with Gasteiger partial charge in [-0.15, -0.1) is 0 Å². The lowest BCUT2D eigenvalue weighted by atomic mass is 10.1. The van der Waals surface area contributed by atoms with E-state index in [0.717, 1.165) is 11.3 Å². The Balaban J connectivity index is 2.22. The summed E-state index contributed by atoms with van der Waals surface area (Å²) in [6, 6.07) is 12.2. The van der Waals surface area contributed by atoms with E-state index in [1.165, 1.54) is 17.7 Å². The van der Waals surface area contributed by atoms with Gasteiger partial charge in [0.25, 0.3) is 0 Å². The summed E-state index contributed by atoms with van der Waals surface area (Å²) in [5, 5.41) is 3.65. The van der Waals surface area contributed by atoms with Gasteiger partial charge < -0.3 is 11.1 Å². The smallest absolute Gasteiger partial charge is 0.125 e. The molecule has 0 bridgehead atoms. The molecule has 0 saturated heterocycles. The largest absolute Gasteiger partial charge is 0.377 e. The minimum atomic E-state index is -0.355. The van der Waals surface area contributed by atoms with Crippen LogP contribution in [0.5, 0.6) is 0 Å². The number of nitrogens with two attached hydrogens (primary N) is 1. The van der Waals surface area contributed by atoms with Crippen LogP contribution in [0.4, 0.5) is 10.1 Å². The lowest BCUT2D eigenvalue weighted by Crippen LogP contribution is -2.20. The fraction of sp³-hybridized carbons (Fsp3) is 0.200. The Kier molecular flexibility index (Phi) is 4.40. The first-order valence-electron chi connectivity index (χ1n) is 6.08. The van der Waals surface area contributed by atoms with E-state index in [9.17, 15) is 4.39 Å².